The molecule has 1 saturated heterocycles. The molecule has 1 aromatic carbocycles. The van der Waals surface area contributed by atoms with Crippen molar-refractivity contribution in [3.8, 4) is 0 Å². The number of piperidine rings is 1. The van der Waals surface area contributed by atoms with E-state index in [9.17, 15) is 10.1 Å². The molecule has 0 radical (unpaired) electrons. The van der Waals surface area contributed by atoms with E-state index < -0.39 is 0 Å². The molecule has 0 aromatic heterocycles. The highest BCUT2D eigenvalue weighted by molar-refractivity contribution is 9.10. The summed E-state index contributed by atoms with van der Waals surface area (Å²) < 4.78 is 0.535. The van der Waals surface area contributed by atoms with Gasteiger partial charge in [-0.3, -0.25) is 15.0 Å². The number of likely N-dealkylation sites (N-methyl/N-ethyl adjacent to an activating group) is 1. The summed E-state index contributed by atoms with van der Waals surface area (Å²) in [5, 5.41) is 14.2. The van der Waals surface area contributed by atoms with E-state index >= 15 is 0 Å². The molecule has 1 aliphatic heterocycles. The first-order valence-electron chi connectivity index (χ1n) is 6.42. The van der Waals surface area contributed by atoms with Gasteiger partial charge in [-0.15, -0.1) is 12.4 Å². The molecule has 1 aliphatic rings. The van der Waals surface area contributed by atoms with E-state index in [0.29, 0.717) is 10.5 Å². The Bertz CT molecular complexity index is 473. The van der Waals surface area contributed by atoms with Crippen molar-refractivity contribution in [2.75, 3.05) is 20.1 Å². The lowest BCUT2D eigenvalue weighted by Gasteiger charge is -2.32. The number of nitrogens with zero attached hydrogens (tertiary/aromatic N) is 2. The SMILES string of the molecule is CNC1CCCN(Cc2ccc(Br)c([N+](=O)[O-])c2)C1.Cl. The van der Waals surface area contributed by atoms with Gasteiger partial charge in [0, 0.05) is 25.2 Å². The van der Waals surface area contributed by atoms with Crippen LogP contribution in [0.4, 0.5) is 5.69 Å². The van der Waals surface area contributed by atoms with E-state index in [2.05, 4.69) is 26.1 Å². The van der Waals surface area contributed by atoms with Crippen LogP contribution in [-0.2, 0) is 6.54 Å². The molecule has 1 unspecified atom stereocenters. The van der Waals surface area contributed by atoms with Gasteiger partial charge >= 0.3 is 0 Å². The average molecular weight is 365 g/mol. The summed E-state index contributed by atoms with van der Waals surface area (Å²) in [4.78, 5) is 12.9. The van der Waals surface area contributed by atoms with Gasteiger partial charge in [-0.25, -0.2) is 0 Å². The Morgan fingerprint density at radius 2 is 2.30 bits per heavy atom. The molecule has 5 nitrogen and oxygen atoms in total. The molecule has 1 heterocycles. The van der Waals surface area contributed by atoms with Gasteiger partial charge in [-0.2, -0.15) is 0 Å². The smallest absolute Gasteiger partial charge is 0.283 e. The molecule has 0 saturated carbocycles. The lowest BCUT2D eigenvalue weighted by molar-refractivity contribution is -0.385. The van der Waals surface area contributed by atoms with Crippen molar-refractivity contribution in [3.63, 3.8) is 0 Å². The second-order valence-corrected chi connectivity index (χ2v) is 5.76. The summed E-state index contributed by atoms with van der Waals surface area (Å²) in [6.07, 6.45) is 2.37. The Morgan fingerprint density at radius 1 is 1.55 bits per heavy atom. The second-order valence-electron chi connectivity index (χ2n) is 4.91. The van der Waals surface area contributed by atoms with Crippen LogP contribution in [0.3, 0.4) is 0 Å². The lowest BCUT2D eigenvalue weighted by atomic mass is 10.0. The average Bonchev–Trinajstić information content (AvgIpc) is 2.41. The summed E-state index contributed by atoms with van der Waals surface area (Å²) in [6, 6.07) is 5.89. The van der Waals surface area contributed by atoms with E-state index in [-0.39, 0.29) is 23.0 Å². The van der Waals surface area contributed by atoms with Crippen LogP contribution in [0.1, 0.15) is 18.4 Å². The second kappa shape index (κ2) is 7.93. The number of benzene rings is 1. The minimum Gasteiger partial charge on any atom is -0.316 e. The first-order chi connectivity index (χ1) is 9.10. The van der Waals surface area contributed by atoms with Crippen molar-refractivity contribution in [3.05, 3.63) is 38.3 Å². The molecule has 1 N–H and O–H groups in total. The molecule has 0 spiro atoms. The molecule has 0 aliphatic carbocycles. The highest BCUT2D eigenvalue weighted by Crippen LogP contribution is 2.26. The van der Waals surface area contributed by atoms with E-state index in [0.717, 1.165) is 25.2 Å². The predicted octanol–water partition coefficient (Wildman–Crippen LogP) is 2.96. The van der Waals surface area contributed by atoms with Crippen LogP contribution in [0, 0.1) is 10.1 Å². The van der Waals surface area contributed by atoms with Crippen molar-refractivity contribution >= 4 is 34.0 Å². The molecule has 1 aromatic rings. The van der Waals surface area contributed by atoms with E-state index in [4.69, 9.17) is 0 Å². The van der Waals surface area contributed by atoms with Crippen molar-refractivity contribution in [1.29, 1.82) is 0 Å². The van der Waals surface area contributed by atoms with Crippen molar-refractivity contribution in [2.24, 2.45) is 0 Å². The number of nitro groups is 1. The minimum atomic E-state index is -0.347. The maximum atomic E-state index is 10.9. The number of halogens is 2. The Balaban J connectivity index is 0.00000200. The normalized spacial score (nSPS) is 19.4. The number of rotatable bonds is 4. The van der Waals surface area contributed by atoms with Gasteiger partial charge in [0.05, 0.1) is 9.40 Å². The van der Waals surface area contributed by atoms with Gasteiger partial charge in [0.2, 0.25) is 0 Å². The van der Waals surface area contributed by atoms with Crippen LogP contribution < -0.4 is 5.32 Å². The maximum absolute atomic E-state index is 10.9. The minimum absolute atomic E-state index is 0. The van der Waals surface area contributed by atoms with Crippen molar-refractivity contribution in [1.82, 2.24) is 10.2 Å². The highest BCUT2D eigenvalue weighted by Gasteiger charge is 2.19. The van der Waals surface area contributed by atoms with Gasteiger partial charge in [-0.1, -0.05) is 6.07 Å². The third-order valence-corrected chi connectivity index (χ3v) is 4.20. The first-order valence-corrected chi connectivity index (χ1v) is 7.22. The number of likely N-dealkylation sites (tertiary alicyclic amines) is 1. The lowest BCUT2D eigenvalue weighted by Crippen LogP contribution is -2.43. The fraction of sp³-hybridized carbons (Fsp3) is 0.538. The van der Waals surface area contributed by atoms with E-state index in [1.165, 1.54) is 12.8 Å². The van der Waals surface area contributed by atoms with E-state index in [1.54, 1.807) is 12.1 Å². The molecule has 7 heteroatoms. The zero-order valence-electron chi connectivity index (χ0n) is 11.3. The van der Waals surface area contributed by atoms with Crippen LogP contribution in [0.25, 0.3) is 0 Å². The molecule has 2 rings (SSSR count). The molecule has 20 heavy (non-hydrogen) atoms. The highest BCUT2D eigenvalue weighted by atomic mass is 79.9. The summed E-state index contributed by atoms with van der Waals surface area (Å²) in [5.41, 5.74) is 1.13. The molecular formula is C13H19BrClN3O2. The fourth-order valence-electron chi connectivity index (χ4n) is 2.49. The molecule has 0 bridgehead atoms. The number of hydrogen-bond acceptors (Lipinski definition) is 4. The van der Waals surface area contributed by atoms with Gasteiger partial charge in [-0.05, 0) is 54.0 Å². The van der Waals surface area contributed by atoms with Crippen molar-refractivity contribution in [2.45, 2.75) is 25.4 Å². The fourth-order valence-corrected chi connectivity index (χ4v) is 2.88. The van der Waals surface area contributed by atoms with Crippen LogP contribution in [0.15, 0.2) is 22.7 Å². The van der Waals surface area contributed by atoms with Crippen LogP contribution in [0.5, 0.6) is 0 Å². The predicted molar refractivity (Wildman–Crippen MR) is 85.4 cm³/mol. The Labute approximate surface area is 133 Å². The quantitative estimate of drug-likeness (QED) is 0.659. The topological polar surface area (TPSA) is 58.4 Å². The third-order valence-electron chi connectivity index (χ3n) is 3.53. The van der Waals surface area contributed by atoms with Crippen LogP contribution in [0.2, 0.25) is 0 Å². The first kappa shape index (κ1) is 17.4. The molecular weight excluding hydrogens is 346 g/mol. The van der Waals surface area contributed by atoms with Gasteiger partial charge in [0.1, 0.15) is 0 Å². The number of nitro benzene ring substituents is 1. The monoisotopic (exact) mass is 363 g/mol. The Hall–Kier alpha value is -0.690. The maximum Gasteiger partial charge on any atom is 0.283 e. The van der Waals surface area contributed by atoms with Gasteiger partial charge < -0.3 is 5.32 Å². The van der Waals surface area contributed by atoms with Crippen molar-refractivity contribution < 1.29 is 4.92 Å². The van der Waals surface area contributed by atoms with E-state index in [1.807, 2.05) is 13.1 Å². The largest absolute Gasteiger partial charge is 0.316 e. The molecule has 112 valence electrons. The Kier molecular flexibility index (Phi) is 6.88. The van der Waals surface area contributed by atoms with Crippen LogP contribution >= 0.6 is 28.3 Å². The molecule has 1 atom stereocenters. The standard InChI is InChI=1S/C13H18BrN3O2.ClH/c1-15-11-3-2-6-16(9-11)8-10-4-5-12(14)13(7-10)17(18)19;/h4-5,7,11,15H,2-3,6,8-9H2,1H3;1H. The summed E-state index contributed by atoms with van der Waals surface area (Å²) in [7, 11) is 1.98. The van der Waals surface area contributed by atoms with Crippen LogP contribution in [-0.4, -0.2) is 36.0 Å². The Morgan fingerprint density at radius 3 is 2.95 bits per heavy atom. The zero-order valence-corrected chi connectivity index (χ0v) is 13.7. The third kappa shape index (κ3) is 4.41. The molecule has 1 fully saturated rings. The molecule has 0 amide bonds. The summed E-state index contributed by atoms with van der Waals surface area (Å²) in [6.45, 7) is 2.83. The van der Waals surface area contributed by atoms with Gasteiger partial charge in [0.25, 0.3) is 5.69 Å². The van der Waals surface area contributed by atoms with Gasteiger partial charge in [0.15, 0.2) is 0 Å². The number of nitrogens with one attached hydrogen (secondary N) is 1. The number of hydrogen-bond donors (Lipinski definition) is 1. The summed E-state index contributed by atoms with van der Waals surface area (Å²) in [5.74, 6) is 0. The summed E-state index contributed by atoms with van der Waals surface area (Å²) >= 11 is 3.21. The zero-order chi connectivity index (χ0) is 13.8.